The summed E-state index contributed by atoms with van der Waals surface area (Å²) in [5, 5.41) is 0. The van der Waals surface area contributed by atoms with Crippen LogP contribution in [0, 0.1) is 0 Å². The molecule has 0 N–H and O–H groups in total. The molecule has 3 rings (SSSR count). The summed E-state index contributed by atoms with van der Waals surface area (Å²) in [5.41, 5.74) is 1.21. The van der Waals surface area contributed by atoms with Crippen molar-refractivity contribution in [2.24, 2.45) is 0 Å². The Labute approximate surface area is 169 Å². The number of halogens is 3. The second-order valence-electron chi connectivity index (χ2n) is 7.27. The molecular weight excluding hydrogens is 377 g/mol. The summed E-state index contributed by atoms with van der Waals surface area (Å²) in [6.45, 7) is 5.47. The highest BCUT2D eigenvalue weighted by molar-refractivity contribution is 5.93. The standard InChI is InChI=1S/C23H25F3N2O/c24-23(25,26)21-9-6-19(7-10-21)8-11-22(29)12-13-27-14-16-28(17-15-27)18-20-4-2-1-3-5-20/h1-11H,12-18H2. The van der Waals surface area contributed by atoms with Crippen LogP contribution in [0.1, 0.15) is 23.1 Å². The Kier molecular flexibility index (Phi) is 7.23. The second kappa shape index (κ2) is 9.85. The zero-order valence-corrected chi connectivity index (χ0v) is 16.2. The third kappa shape index (κ3) is 6.84. The van der Waals surface area contributed by atoms with Crippen molar-refractivity contribution in [3.63, 3.8) is 0 Å². The van der Waals surface area contributed by atoms with Crippen molar-refractivity contribution in [2.45, 2.75) is 19.1 Å². The van der Waals surface area contributed by atoms with E-state index in [0.29, 0.717) is 18.5 Å². The Morgan fingerprint density at radius 1 is 0.897 bits per heavy atom. The molecule has 0 spiro atoms. The first-order valence-corrected chi connectivity index (χ1v) is 9.77. The van der Waals surface area contributed by atoms with Gasteiger partial charge >= 0.3 is 6.18 Å². The fraction of sp³-hybridized carbons (Fsp3) is 0.348. The Morgan fingerprint density at radius 3 is 2.14 bits per heavy atom. The summed E-state index contributed by atoms with van der Waals surface area (Å²) in [4.78, 5) is 16.8. The number of hydrogen-bond acceptors (Lipinski definition) is 3. The lowest BCUT2D eigenvalue weighted by Gasteiger charge is -2.34. The lowest BCUT2D eigenvalue weighted by molar-refractivity contribution is -0.137. The smallest absolute Gasteiger partial charge is 0.300 e. The van der Waals surface area contributed by atoms with Gasteiger partial charge in [-0.2, -0.15) is 13.2 Å². The minimum atomic E-state index is -4.34. The number of carbonyl (C=O) groups excluding carboxylic acids is 1. The summed E-state index contributed by atoms with van der Waals surface area (Å²) in [5.74, 6) is -0.0170. The van der Waals surface area contributed by atoms with Crippen molar-refractivity contribution in [3.05, 3.63) is 77.4 Å². The maximum Gasteiger partial charge on any atom is 0.416 e. The molecule has 2 aromatic rings. The third-order valence-corrected chi connectivity index (χ3v) is 5.09. The van der Waals surface area contributed by atoms with Crippen molar-refractivity contribution >= 4 is 11.9 Å². The number of piperazine rings is 1. The van der Waals surface area contributed by atoms with Crippen molar-refractivity contribution < 1.29 is 18.0 Å². The molecule has 6 heteroatoms. The highest BCUT2D eigenvalue weighted by Crippen LogP contribution is 2.29. The molecule has 0 atom stereocenters. The van der Waals surface area contributed by atoms with Crippen LogP contribution in [0.25, 0.3) is 6.08 Å². The number of benzene rings is 2. The van der Waals surface area contributed by atoms with Crippen LogP contribution in [0.5, 0.6) is 0 Å². The van der Waals surface area contributed by atoms with Crippen LogP contribution < -0.4 is 0 Å². The molecule has 29 heavy (non-hydrogen) atoms. The molecule has 1 saturated heterocycles. The topological polar surface area (TPSA) is 23.6 Å². The van der Waals surface area contributed by atoms with Gasteiger partial charge in [-0.1, -0.05) is 48.5 Å². The van der Waals surface area contributed by atoms with Crippen molar-refractivity contribution in [3.8, 4) is 0 Å². The number of alkyl halides is 3. The van der Waals surface area contributed by atoms with Crippen LogP contribution in [-0.4, -0.2) is 48.3 Å². The van der Waals surface area contributed by atoms with Crippen LogP contribution in [0.2, 0.25) is 0 Å². The molecule has 0 aliphatic carbocycles. The molecular formula is C23H25F3N2O. The van der Waals surface area contributed by atoms with Gasteiger partial charge in [0.1, 0.15) is 0 Å². The van der Waals surface area contributed by atoms with Gasteiger partial charge in [-0.3, -0.25) is 9.69 Å². The van der Waals surface area contributed by atoms with Gasteiger partial charge in [-0.15, -0.1) is 0 Å². The van der Waals surface area contributed by atoms with Gasteiger partial charge in [-0.05, 0) is 29.3 Å². The Morgan fingerprint density at radius 2 is 1.52 bits per heavy atom. The molecule has 3 nitrogen and oxygen atoms in total. The van der Waals surface area contributed by atoms with Crippen molar-refractivity contribution in [1.29, 1.82) is 0 Å². The summed E-state index contributed by atoms with van der Waals surface area (Å²) in [6.07, 6.45) is -0.909. The lowest BCUT2D eigenvalue weighted by atomic mass is 10.1. The number of rotatable bonds is 7. The van der Waals surface area contributed by atoms with E-state index in [4.69, 9.17) is 0 Å². The summed E-state index contributed by atoms with van der Waals surface area (Å²) >= 11 is 0. The highest BCUT2D eigenvalue weighted by Gasteiger charge is 2.29. The molecule has 2 aromatic carbocycles. The Bertz CT molecular complexity index is 808. The van der Waals surface area contributed by atoms with Gasteiger partial charge in [-0.25, -0.2) is 0 Å². The number of nitrogens with zero attached hydrogens (tertiary/aromatic N) is 2. The Balaban J connectivity index is 1.38. The van der Waals surface area contributed by atoms with Gasteiger partial charge in [0.05, 0.1) is 5.56 Å². The molecule has 0 saturated carbocycles. The van der Waals surface area contributed by atoms with Gasteiger partial charge in [0.15, 0.2) is 5.78 Å². The van der Waals surface area contributed by atoms with Gasteiger partial charge in [0.2, 0.25) is 0 Å². The molecule has 0 amide bonds. The largest absolute Gasteiger partial charge is 0.416 e. The maximum atomic E-state index is 12.6. The number of ketones is 1. The van der Waals surface area contributed by atoms with E-state index in [1.54, 1.807) is 6.08 Å². The molecule has 1 fully saturated rings. The second-order valence-corrected chi connectivity index (χ2v) is 7.27. The third-order valence-electron chi connectivity index (χ3n) is 5.09. The van der Waals surface area contributed by atoms with Crippen LogP contribution in [0.15, 0.2) is 60.7 Å². The summed E-state index contributed by atoms with van der Waals surface area (Å²) in [6, 6.07) is 15.2. The first kappa shape index (κ1) is 21.3. The molecule has 0 aromatic heterocycles. The van der Waals surface area contributed by atoms with Crippen LogP contribution in [0.3, 0.4) is 0 Å². The van der Waals surface area contributed by atoms with Crippen LogP contribution in [-0.2, 0) is 17.5 Å². The monoisotopic (exact) mass is 402 g/mol. The maximum absolute atomic E-state index is 12.6. The minimum Gasteiger partial charge on any atom is -0.300 e. The fourth-order valence-electron chi connectivity index (χ4n) is 3.34. The zero-order chi connectivity index (χ0) is 20.7. The molecule has 154 valence electrons. The first-order valence-electron chi connectivity index (χ1n) is 9.77. The normalized spacial score (nSPS) is 16.4. The van der Waals surface area contributed by atoms with Gasteiger partial charge in [0, 0.05) is 45.7 Å². The molecule has 0 radical (unpaired) electrons. The predicted molar refractivity (Wildman–Crippen MR) is 108 cm³/mol. The molecule has 0 unspecified atom stereocenters. The van der Waals surface area contributed by atoms with Gasteiger partial charge < -0.3 is 4.90 Å². The van der Waals surface area contributed by atoms with E-state index >= 15 is 0 Å². The van der Waals surface area contributed by atoms with E-state index in [1.807, 2.05) is 6.07 Å². The van der Waals surface area contributed by atoms with E-state index in [9.17, 15) is 18.0 Å². The minimum absolute atomic E-state index is 0.0170. The quantitative estimate of drug-likeness (QED) is 0.638. The SMILES string of the molecule is O=C(C=Cc1ccc(C(F)(F)F)cc1)CCN1CCN(Cc2ccccc2)CC1. The predicted octanol–water partition coefficient (Wildman–Crippen LogP) is 4.50. The first-order chi connectivity index (χ1) is 13.9. The number of allylic oxidation sites excluding steroid dienone is 1. The van der Waals surface area contributed by atoms with E-state index < -0.39 is 11.7 Å². The van der Waals surface area contributed by atoms with E-state index in [-0.39, 0.29) is 5.78 Å². The summed E-state index contributed by atoms with van der Waals surface area (Å²) in [7, 11) is 0. The fourth-order valence-corrected chi connectivity index (χ4v) is 3.34. The molecule has 1 aliphatic heterocycles. The molecule has 1 heterocycles. The van der Waals surface area contributed by atoms with E-state index in [1.165, 1.54) is 23.8 Å². The number of hydrogen-bond donors (Lipinski definition) is 0. The average Bonchev–Trinajstić information content (AvgIpc) is 2.72. The number of carbonyl (C=O) groups is 1. The van der Waals surface area contributed by atoms with E-state index in [2.05, 4.69) is 34.1 Å². The van der Waals surface area contributed by atoms with Crippen molar-refractivity contribution in [2.75, 3.05) is 32.7 Å². The van der Waals surface area contributed by atoms with E-state index in [0.717, 1.165) is 44.9 Å². The highest BCUT2D eigenvalue weighted by atomic mass is 19.4. The average molecular weight is 402 g/mol. The summed E-state index contributed by atoms with van der Waals surface area (Å²) < 4.78 is 37.7. The van der Waals surface area contributed by atoms with Crippen LogP contribution >= 0.6 is 0 Å². The Hall–Kier alpha value is -2.44. The van der Waals surface area contributed by atoms with Crippen molar-refractivity contribution in [1.82, 2.24) is 9.80 Å². The zero-order valence-electron chi connectivity index (χ0n) is 16.2. The van der Waals surface area contributed by atoms with Gasteiger partial charge in [0.25, 0.3) is 0 Å². The molecule has 0 bridgehead atoms. The molecule has 1 aliphatic rings. The lowest BCUT2D eigenvalue weighted by Crippen LogP contribution is -2.46. The van der Waals surface area contributed by atoms with Crippen LogP contribution in [0.4, 0.5) is 13.2 Å².